The first-order valence-corrected chi connectivity index (χ1v) is 8.92. The molecule has 23 heavy (non-hydrogen) atoms. The van der Waals surface area contributed by atoms with Gasteiger partial charge in [0.05, 0.1) is 18.4 Å². The number of piperidine rings is 1. The molecule has 4 heterocycles. The van der Waals surface area contributed by atoms with Crippen LogP contribution in [0.1, 0.15) is 25.5 Å². The predicted octanol–water partition coefficient (Wildman–Crippen LogP) is 2.13. The van der Waals surface area contributed by atoms with E-state index < -0.39 is 0 Å². The van der Waals surface area contributed by atoms with Crippen molar-refractivity contribution in [3.63, 3.8) is 0 Å². The standard InChI is InChI=1S/C16H22BrN5O/c1-10-13(17)22-8-5-19-14(22)15(20-10)21-6-3-16(4-7-21)9-23-11(2)12(16)18/h5,8,11-12H,3-4,6-7,9,18H2,1-2H3/t11-,12?/m0/s1. The number of imidazole rings is 1. The Morgan fingerprint density at radius 1 is 1.39 bits per heavy atom. The number of fused-ring (bicyclic) bond motifs is 1. The fourth-order valence-electron chi connectivity index (χ4n) is 3.91. The van der Waals surface area contributed by atoms with Crippen LogP contribution < -0.4 is 10.6 Å². The number of aromatic nitrogens is 3. The molecule has 0 radical (unpaired) electrons. The van der Waals surface area contributed by atoms with Gasteiger partial charge in [-0.1, -0.05) is 0 Å². The van der Waals surface area contributed by atoms with Crippen molar-refractivity contribution in [1.82, 2.24) is 14.4 Å². The van der Waals surface area contributed by atoms with E-state index in [4.69, 9.17) is 15.5 Å². The van der Waals surface area contributed by atoms with Crippen LogP contribution in [0, 0.1) is 12.3 Å². The van der Waals surface area contributed by atoms with Crippen LogP contribution in [0.5, 0.6) is 0 Å². The predicted molar refractivity (Wildman–Crippen MR) is 92.7 cm³/mol. The lowest BCUT2D eigenvalue weighted by molar-refractivity contribution is 0.0974. The summed E-state index contributed by atoms with van der Waals surface area (Å²) in [5.74, 6) is 0.964. The number of ether oxygens (including phenoxy) is 1. The third-order valence-electron chi connectivity index (χ3n) is 5.53. The molecule has 2 saturated heterocycles. The number of anilines is 1. The van der Waals surface area contributed by atoms with Gasteiger partial charge in [-0.2, -0.15) is 0 Å². The Labute approximate surface area is 144 Å². The third kappa shape index (κ3) is 2.28. The van der Waals surface area contributed by atoms with Gasteiger partial charge in [-0.3, -0.25) is 4.40 Å². The molecule has 2 N–H and O–H groups in total. The molecule has 6 nitrogen and oxygen atoms in total. The van der Waals surface area contributed by atoms with Crippen molar-refractivity contribution in [3.8, 4) is 0 Å². The largest absolute Gasteiger partial charge is 0.376 e. The molecule has 0 amide bonds. The van der Waals surface area contributed by atoms with Gasteiger partial charge in [0, 0.05) is 36.9 Å². The Kier molecular flexibility index (Phi) is 3.62. The highest BCUT2D eigenvalue weighted by Gasteiger charge is 2.47. The number of halogens is 1. The lowest BCUT2D eigenvalue weighted by Gasteiger charge is -2.41. The van der Waals surface area contributed by atoms with E-state index >= 15 is 0 Å². The molecule has 124 valence electrons. The van der Waals surface area contributed by atoms with Gasteiger partial charge in [-0.15, -0.1) is 0 Å². The first-order valence-electron chi connectivity index (χ1n) is 8.13. The van der Waals surface area contributed by atoms with E-state index in [9.17, 15) is 0 Å². The molecule has 2 atom stereocenters. The van der Waals surface area contributed by atoms with Crippen molar-refractivity contribution in [2.45, 2.75) is 38.8 Å². The Morgan fingerprint density at radius 3 is 2.78 bits per heavy atom. The SMILES string of the molecule is Cc1nc(N2CCC3(CC2)CO[C@@H](C)C3N)c2nccn2c1Br. The van der Waals surface area contributed by atoms with Crippen molar-refractivity contribution in [2.75, 3.05) is 24.6 Å². The zero-order valence-corrected chi connectivity index (χ0v) is 15.1. The second-order valence-corrected chi connectivity index (χ2v) is 7.57. The van der Waals surface area contributed by atoms with E-state index in [1.807, 2.05) is 19.3 Å². The molecule has 4 rings (SSSR count). The topological polar surface area (TPSA) is 68.7 Å². The minimum atomic E-state index is 0.131. The molecular formula is C16H22BrN5O. The van der Waals surface area contributed by atoms with Crippen LogP contribution in [-0.4, -0.2) is 46.2 Å². The second kappa shape index (κ2) is 5.43. The Balaban J connectivity index is 1.62. The Bertz CT molecular complexity index is 737. The van der Waals surface area contributed by atoms with E-state index in [1.54, 1.807) is 0 Å². The second-order valence-electron chi connectivity index (χ2n) is 6.82. The number of nitrogens with two attached hydrogens (primary N) is 1. The monoisotopic (exact) mass is 379 g/mol. The molecule has 2 aromatic heterocycles. The number of rotatable bonds is 1. The highest BCUT2D eigenvalue weighted by atomic mass is 79.9. The van der Waals surface area contributed by atoms with E-state index in [1.165, 1.54) is 0 Å². The summed E-state index contributed by atoms with van der Waals surface area (Å²) in [4.78, 5) is 11.6. The molecule has 2 aliphatic heterocycles. The first kappa shape index (κ1) is 15.4. The maximum absolute atomic E-state index is 6.41. The molecule has 1 unspecified atom stereocenters. The maximum atomic E-state index is 6.41. The zero-order valence-electron chi connectivity index (χ0n) is 13.5. The molecule has 1 spiro atoms. The van der Waals surface area contributed by atoms with Gasteiger partial charge in [0.25, 0.3) is 0 Å². The Hall–Kier alpha value is -1.18. The van der Waals surface area contributed by atoms with Crippen molar-refractivity contribution >= 4 is 27.4 Å². The minimum Gasteiger partial charge on any atom is -0.376 e. The summed E-state index contributed by atoms with van der Waals surface area (Å²) < 4.78 is 8.82. The van der Waals surface area contributed by atoms with Crippen LogP contribution in [0.2, 0.25) is 0 Å². The first-order chi connectivity index (χ1) is 11.0. The summed E-state index contributed by atoms with van der Waals surface area (Å²) in [6, 6.07) is 0.135. The molecule has 2 aliphatic rings. The molecular weight excluding hydrogens is 358 g/mol. The van der Waals surface area contributed by atoms with Crippen molar-refractivity contribution in [2.24, 2.45) is 11.1 Å². The molecule has 0 bridgehead atoms. The fraction of sp³-hybridized carbons (Fsp3) is 0.625. The van der Waals surface area contributed by atoms with Crippen molar-refractivity contribution in [3.05, 3.63) is 22.7 Å². The van der Waals surface area contributed by atoms with Gasteiger partial charge in [0.1, 0.15) is 4.60 Å². The van der Waals surface area contributed by atoms with Crippen LogP contribution in [-0.2, 0) is 4.74 Å². The number of nitrogens with zero attached hydrogens (tertiary/aromatic N) is 4. The number of hydrogen-bond donors (Lipinski definition) is 1. The fourth-order valence-corrected chi connectivity index (χ4v) is 4.28. The van der Waals surface area contributed by atoms with Gasteiger partial charge in [-0.25, -0.2) is 9.97 Å². The lowest BCUT2D eigenvalue weighted by Crippen LogP contribution is -2.50. The third-order valence-corrected chi connectivity index (χ3v) is 6.49. The van der Waals surface area contributed by atoms with Crippen LogP contribution >= 0.6 is 15.9 Å². The van der Waals surface area contributed by atoms with Gasteiger partial charge in [0.15, 0.2) is 11.5 Å². The Morgan fingerprint density at radius 2 is 2.13 bits per heavy atom. The molecule has 0 saturated carbocycles. The highest BCUT2D eigenvalue weighted by molar-refractivity contribution is 9.10. The number of aryl methyl sites for hydroxylation is 1. The average Bonchev–Trinajstić information content (AvgIpc) is 3.14. The van der Waals surface area contributed by atoms with Crippen molar-refractivity contribution in [1.29, 1.82) is 0 Å². The van der Waals surface area contributed by atoms with Crippen molar-refractivity contribution < 1.29 is 4.74 Å². The minimum absolute atomic E-state index is 0.131. The van der Waals surface area contributed by atoms with Gasteiger partial charge in [0.2, 0.25) is 0 Å². The van der Waals surface area contributed by atoms with Crippen LogP contribution in [0.3, 0.4) is 0 Å². The van der Waals surface area contributed by atoms with E-state index in [0.29, 0.717) is 0 Å². The van der Waals surface area contributed by atoms with Crippen LogP contribution in [0.25, 0.3) is 5.65 Å². The highest BCUT2D eigenvalue weighted by Crippen LogP contribution is 2.42. The normalized spacial score (nSPS) is 27.2. The van der Waals surface area contributed by atoms with Crippen LogP contribution in [0.15, 0.2) is 17.0 Å². The summed E-state index contributed by atoms with van der Waals surface area (Å²) in [5, 5.41) is 0. The summed E-state index contributed by atoms with van der Waals surface area (Å²) in [7, 11) is 0. The molecule has 7 heteroatoms. The average molecular weight is 380 g/mol. The van der Waals surface area contributed by atoms with E-state index in [0.717, 1.165) is 54.3 Å². The summed E-state index contributed by atoms with van der Waals surface area (Å²) in [5.41, 5.74) is 8.41. The summed E-state index contributed by atoms with van der Waals surface area (Å²) in [6.45, 7) is 6.77. The maximum Gasteiger partial charge on any atom is 0.181 e. The molecule has 2 fully saturated rings. The van der Waals surface area contributed by atoms with E-state index in [-0.39, 0.29) is 17.6 Å². The van der Waals surface area contributed by atoms with E-state index in [2.05, 4.69) is 37.1 Å². The van der Waals surface area contributed by atoms with Gasteiger partial charge >= 0.3 is 0 Å². The smallest absolute Gasteiger partial charge is 0.181 e. The van der Waals surface area contributed by atoms with Gasteiger partial charge in [-0.05, 0) is 42.6 Å². The quantitative estimate of drug-likeness (QED) is 0.821. The molecule has 0 aromatic carbocycles. The lowest BCUT2D eigenvalue weighted by atomic mass is 9.73. The zero-order chi connectivity index (χ0) is 16.2. The van der Waals surface area contributed by atoms with Crippen LogP contribution in [0.4, 0.5) is 5.82 Å². The van der Waals surface area contributed by atoms with Gasteiger partial charge < -0.3 is 15.4 Å². The molecule has 0 aliphatic carbocycles. The summed E-state index contributed by atoms with van der Waals surface area (Å²) in [6.07, 6.45) is 6.03. The summed E-state index contributed by atoms with van der Waals surface area (Å²) >= 11 is 3.59. The molecule has 2 aromatic rings. The number of hydrogen-bond acceptors (Lipinski definition) is 5.